The van der Waals surface area contributed by atoms with Crippen molar-refractivity contribution in [3.63, 3.8) is 0 Å². The third-order valence-electron chi connectivity index (χ3n) is 3.95. The molecule has 0 bridgehead atoms. The Kier molecular flexibility index (Phi) is 4.97. The minimum absolute atomic E-state index is 0.0188. The number of alkyl halides is 2. The average Bonchev–Trinajstić information content (AvgIpc) is 2.85. The third kappa shape index (κ3) is 3.72. The summed E-state index contributed by atoms with van der Waals surface area (Å²) in [4.78, 5) is 25.9. The van der Waals surface area contributed by atoms with Crippen molar-refractivity contribution in [3.8, 4) is 5.75 Å². The first kappa shape index (κ1) is 17.6. The summed E-state index contributed by atoms with van der Waals surface area (Å²) in [6.45, 7) is 0.925. The second kappa shape index (κ2) is 7.35. The second-order valence-corrected chi connectivity index (χ2v) is 5.69. The van der Waals surface area contributed by atoms with Gasteiger partial charge in [-0.05, 0) is 23.8 Å². The highest BCUT2D eigenvalue weighted by atomic mass is 19.3. The Hall–Kier alpha value is -3.22. The zero-order valence-corrected chi connectivity index (χ0v) is 13.7. The molecule has 0 saturated heterocycles. The maximum Gasteiger partial charge on any atom is 0.387 e. The summed E-state index contributed by atoms with van der Waals surface area (Å²) < 4.78 is 28.8. The largest absolute Gasteiger partial charge is 0.435 e. The molecule has 0 unspecified atom stereocenters. The lowest BCUT2D eigenvalue weighted by Crippen LogP contribution is -2.36. The predicted octanol–water partition coefficient (Wildman–Crippen LogP) is 3.03. The van der Waals surface area contributed by atoms with Crippen molar-refractivity contribution < 1.29 is 23.1 Å². The van der Waals surface area contributed by atoms with E-state index in [1.165, 1.54) is 17.0 Å². The van der Waals surface area contributed by atoms with E-state index in [1.807, 2.05) is 0 Å². The molecule has 1 aliphatic heterocycles. The molecular formula is C19H16F2N2O3. The Morgan fingerprint density at radius 3 is 2.58 bits per heavy atom. The van der Waals surface area contributed by atoms with Gasteiger partial charge in [0.15, 0.2) is 0 Å². The molecule has 0 fully saturated rings. The molecular weight excluding hydrogens is 342 g/mol. The summed E-state index contributed by atoms with van der Waals surface area (Å²) in [6.07, 6.45) is 0. The average molecular weight is 358 g/mol. The predicted molar refractivity (Wildman–Crippen MR) is 91.4 cm³/mol. The molecule has 0 atom stereocenters. The molecule has 1 N–H and O–H groups in total. The summed E-state index contributed by atoms with van der Waals surface area (Å²) in [6, 6.07) is 13.1. The minimum atomic E-state index is -2.91. The van der Waals surface area contributed by atoms with Crippen LogP contribution in [-0.4, -0.2) is 29.9 Å². The van der Waals surface area contributed by atoms with E-state index >= 15 is 0 Å². The summed E-state index contributed by atoms with van der Waals surface area (Å²) >= 11 is 0. The van der Waals surface area contributed by atoms with Crippen molar-refractivity contribution in [2.75, 3.05) is 6.54 Å². The number of hydrogen-bond acceptors (Lipinski definition) is 3. The number of nitrogens with one attached hydrogen (secondary N) is 1. The van der Waals surface area contributed by atoms with Crippen molar-refractivity contribution in [3.05, 3.63) is 71.8 Å². The monoisotopic (exact) mass is 358 g/mol. The van der Waals surface area contributed by atoms with Gasteiger partial charge < -0.3 is 10.1 Å². The van der Waals surface area contributed by atoms with Gasteiger partial charge in [-0.2, -0.15) is 8.78 Å². The number of ether oxygens (including phenoxy) is 1. The van der Waals surface area contributed by atoms with Crippen LogP contribution < -0.4 is 10.1 Å². The van der Waals surface area contributed by atoms with Crippen molar-refractivity contribution in [1.82, 2.24) is 10.2 Å². The zero-order chi connectivity index (χ0) is 18.7. The lowest BCUT2D eigenvalue weighted by Gasteiger charge is -2.17. The summed E-state index contributed by atoms with van der Waals surface area (Å²) in [5, 5.41) is 2.66. The van der Waals surface area contributed by atoms with Crippen LogP contribution >= 0.6 is 0 Å². The molecule has 0 radical (unpaired) electrons. The van der Waals surface area contributed by atoms with Crippen LogP contribution in [0.15, 0.2) is 55.1 Å². The number of fused-ring (bicyclic) bond motifs is 1. The number of hydrogen-bond donors (Lipinski definition) is 1. The van der Waals surface area contributed by atoms with Gasteiger partial charge in [-0.15, -0.1) is 0 Å². The molecule has 2 amide bonds. The molecule has 134 valence electrons. The number of halogens is 2. The van der Waals surface area contributed by atoms with Crippen molar-refractivity contribution >= 4 is 17.5 Å². The van der Waals surface area contributed by atoms with Gasteiger partial charge >= 0.3 is 6.61 Å². The molecule has 0 spiro atoms. The van der Waals surface area contributed by atoms with E-state index in [1.54, 1.807) is 36.4 Å². The van der Waals surface area contributed by atoms with Gasteiger partial charge in [0.05, 0.1) is 0 Å². The minimum Gasteiger partial charge on any atom is -0.435 e. The first-order valence-corrected chi connectivity index (χ1v) is 7.86. The van der Waals surface area contributed by atoms with Crippen LogP contribution in [0.5, 0.6) is 5.75 Å². The van der Waals surface area contributed by atoms with E-state index in [0.29, 0.717) is 22.4 Å². The van der Waals surface area contributed by atoms with Crippen LogP contribution in [0.1, 0.15) is 21.5 Å². The molecule has 26 heavy (non-hydrogen) atoms. The molecule has 1 heterocycles. The van der Waals surface area contributed by atoms with Gasteiger partial charge in [0.1, 0.15) is 12.3 Å². The molecule has 5 nitrogen and oxygen atoms in total. The van der Waals surface area contributed by atoms with Gasteiger partial charge in [-0.25, -0.2) is 0 Å². The van der Waals surface area contributed by atoms with Crippen molar-refractivity contribution in [2.24, 2.45) is 0 Å². The van der Waals surface area contributed by atoms with Gasteiger partial charge in [0.2, 0.25) is 5.91 Å². The Morgan fingerprint density at radius 2 is 1.88 bits per heavy atom. The maximum atomic E-state index is 12.4. The topological polar surface area (TPSA) is 58.6 Å². The fourth-order valence-electron chi connectivity index (χ4n) is 2.73. The standard InChI is InChI=1S/C19H16F2N2O3/c1-12-15-7-2-3-8-16(15)18(25)23(12)11-17(24)22-10-13-5-4-6-14(9-13)26-19(20)21/h2-9,19H,1,10-11H2,(H,22,24). The second-order valence-electron chi connectivity index (χ2n) is 5.69. The quantitative estimate of drug-likeness (QED) is 0.864. The fourth-order valence-corrected chi connectivity index (χ4v) is 2.73. The van der Waals surface area contributed by atoms with E-state index in [9.17, 15) is 18.4 Å². The molecule has 2 aromatic rings. The number of amides is 2. The van der Waals surface area contributed by atoms with Gasteiger partial charge in [0.25, 0.3) is 5.91 Å². The molecule has 1 aliphatic rings. The summed E-state index contributed by atoms with van der Waals surface area (Å²) in [7, 11) is 0. The highest BCUT2D eigenvalue weighted by molar-refractivity contribution is 6.10. The Morgan fingerprint density at radius 1 is 1.15 bits per heavy atom. The van der Waals surface area contributed by atoms with Crippen molar-refractivity contribution in [2.45, 2.75) is 13.2 Å². The van der Waals surface area contributed by atoms with Gasteiger partial charge in [-0.1, -0.05) is 36.9 Å². The van der Waals surface area contributed by atoms with Crippen molar-refractivity contribution in [1.29, 1.82) is 0 Å². The molecule has 0 aromatic heterocycles. The first-order valence-electron chi connectivity index (χ1n) is 7.86. The molecule has 0 aliphatic carbocycles. The molecule has 7 heteroatoms. The zero-order valence-electron chi connectivity index (χ0n) is 13.7. The van der Waals surface area contributed by atoms with Crippen LogP contribution in [0.25, 0.3) is 5.70 Å². The highest BCUT2D eigenvalue weighted by Crippen LogP contribution is 2.30. The van der Waals surface area contributed by atoms with Gasteiger partial charge in [0, 0.05) is 23.4 Å². The summed E-state index contributed by atoms with van der Waals surface area (Å²) in [5.41, 5.74) is 2.31. The number of carbonyl (C=O) groups excluding carboxylic acids is 2. The maximum absolute atomic E-state index is 12.4. The number of carbonyl (C=O) groups is 2. The number of rotatable bonds is 6. The molecule has 3 rings (SSSR count). The van der Waals surface area contributed by atoms with Crippen LogP contribution in [0.4, 0.5) is 8.78 Å². The highest BCUT2D eigenvalue weighted by Gasteiger charge is 2.31. The smallest absolute Gasteiger partial charge is 0.387 e. The van der Waals surface area contributed by atoms with E-state index in [4.69, 9.17) is 0 Å². The number of benzene rings is 2. The Labute approximate surface area is 148 Å². The SMILES string of the molecule is C=C1c2ccccc2C(=O)N1CC(=O)NCc1cccc(OC(F)F)c1. The van der Waals surface area contributed by atoms with E-state index < -0.39 is 6.61 Å². The normalized spacial score (nSPS) is 13.1. The third-order valence-corrected chi connectivity index (χ3v) is 3.95. The molecule has 0 saturated carbocycles. The van der Waals surface area contributed by atoms with Crippen LogP contribution in [0.2, 0.25) is 0 Å². The lowest BCUT2D eigenvalue weighted by molar-refractivity contribution is -0.121. The van der Waals surface area contributed by atoms with E-state index in [-0.39, 0.29) is 30.7 Å². The van der Waals surface area contributed by atoms with Crippen LogP contribution in [0, 0.1) is 0 Å². The fraction of sp³-hybridized carbons (Fsp3) is 0.158. The van der Waals surface area contributed by atoms with E-state index in [0.717, 1.165) is 0 Å². The number of nitrogens with zero attached hydrogens (tertiary/aromatic N) is 1. The van der Waals surface area contributed by atoms with E-state index in [2.05, 4.69) is 16.6 Å². The Balaban J connectivity index is 1.59. The lowest BCUT2D eigenvalue weighted by atomic mass is 10.1. The Bertz CT molecular complexity index is 832. The summed E-state index contributed by atoms with van der Waals surface area (Å²) in [5.74, 6) is -0.633. The first-order chi connectivity index (χ1) is 12.5. The molecule has 2 aromatic carbocycles. The van der Waals surface area contributed by atoms with Crippen LogP contribution in [-0.2, 0) is 11.3 Å². The van der Waals surface area contributed by atoms with Crippen LogP contribution in [0.3, 0.4) is 0 Å². The van der Waals surface area contributed by atoms with Gasteiger partial charge in [-0.3, -0.25) is 14.5 Å².